The zero-order chi connectivity index (χ0) is 21.2. The molecule has 1 heterocycles. The smallest absolute Gasteiger partial charge is 0.257 e. The van der Waals surface area contributed by atoms with Crippen LogP contribution in [-0.2, 0) is 16.4 Å². The Hall–Kier alpha value is -3.12. The van der Waals surface area contributed by atoms with Crippen molar-refractivity contribution >= 4 is 21.6 Å². The number of carbonyl (C=O) groups excluding carboxylic acids is 1. The lowest BCUT2D eigenvalue weighted by atomic mass is 10.1. The first-order valence-electron chi connectivity index (χ1n) is 9.26. The van der Waals surface area contributed by atoms with E-state index in [0.29, 0.717) is 17.7 Å². The van der Waals surface area contributed by atoms with Crippen molar-refractivity contribution in [2.45, 2.75) is 37.1 Å². The lowest BCUT2D eigenvalue weighted by molar-refractivity contribution is 0.102. The summed E-state index contributed by atoms with van der Waals surface area (Å²) in [5, 5.41) is 2.86. The number of allylic oxidation sites excluding steroid dienone is 1. The summed E-state index contributed by atoms with van der Waals surface area (Å²) in [6.07, 6.45) is 1.68. The number of nitrogens with one attached hydrogen (secondary N) is 1. The maximum Gasteiger partial charge on any atom is 0.257 e. The van der Waals surface area contributed by atoms with Gasteiger partial charge in [-0.25, -0.2) is 8.42 Å². The summed E-state index contributed by atoms with van der Waals surface area (Å²) in [7, 11) is -3.83. The van der Waals surface area contributed by atoms with Gasteiger partial charge in [-0.15, -0.1) is 6.58 Å². The molecule has 0 bridgehead atoms. The molecule has 1 amide bonds. The number of amides is 1. The minimum Gasteiger partial charge on any atom is -0.327 e. The summed E-state index contributed by atoms with van der Waals surface area (Å²) >= 11 is 0. The van der Waals surface area contributed by atoms with E-state index in [9.17, 15) is 13.2 Å². The summed E-state index contributed by atoms with van der Waals surface area (Å²) in [4.78, 5) is 13.3. The maximum absolute atomic E-state index is 13.4. The van der Waals surface area contributed by atoms with Gasteiger partial charge in [-0.05, 0) is 50.1 Å². The van der Waals surface area contributed by atoms with E-state index < -0.39 is 9.84 Å². The largest absolute Gasteiger partial charge is 0.327 e. The van der Waals surface area contributed by atoms with E-state index in [-0.39, 0.29) is 21.5 Å². The number of sulfone groups is 1. The van der Waals surface area contributed by atoms with Gasteiger partial charge in [0.2, 0.25) is 9.84 Å². The van der Waals surface area contributed by atoms with Gasteiger partial charge >= 0.3 is 0 Å². The molecule has 3 aromatic rings. The number of hydrogen-bond donors (Lipinski definition) is 1. The summed E-state index contributed by atoms with van der Waals surface area (Å²) < 4.78 is 28.7. The third-order valence-corrected chi connectivity index (χ3v) is 6.96. The summed E-state index contributed by atoms with van der Waals surface area (Å²) in [5.74, 6) is -0.0903. The van der Waals surface area contributed by atoms with E-state index in [0.717, 1.165) is 11.3 Å². The molecule has 0 saturated carbocycles. The summed E-state index contributed by atoms with van der Waals surface area (Å²) in [6, 6.07) is 15.4. The van der Waals surface area contributed by atoms with Crippen LogP contribution in [0, 0.1) is 20.8 Å². The average molecular weight is 409 g/mol. The van der Waals surface area contributed by atoms with Crippen LogP contribution in [0.1, 0.15) is 27.2 Å². The Morgan fingerprint density at radius 2 is 1.66 bits per heavy atom. The van der Waals surface area contributed by atoms with Crippen molar-refractivity contribution in [3.63, 3.8) is 0 Å². The Bertz CT molecular complexity index is 1180. The van der Waals surface area contributed by atoms with Gasteiger partial charge in [0.15, 0.2) is 0 Å². The van der Waals surface area contributed by atoms with Crippen molar-refractivity contribution in [3.05, 3.63) is 89.6 Å². The zero-order valence-corrected chi connectivity index (χ0v) is 17.6. The highest BCUT2D eigenvalue weighted by atomic mass is 32.2. The van der Waals surface area contributed by atoms with Crippen LogP contribution in [0.2, 0.25) is 0 Å². The van der Waals surface area contributed by atoms with E-state index in [4.69, 9.17) is 0 Å². The molecule has 0 aliphatic rings. The highest BCUT2D eigenvalue weighted by Crippen LogP contribution is 2.35. The normalized spacial score (nSPS) is 11.3. The lowest BCUT2D eigenvalue weighted by Gasteiger charge is -2.14. The van der Waals surface area contributed by atoms with Crippen LogP contribution in [0.25, 0.3) is 0 Å². The van der Waals surface area contributed by atoms with Crippen molar-refractivity contribution < 1.29 is 13.2 Å². The van der Waals surface area contributed by atoms with E-state index >= 15 is 0 Å². The maximum atomic E-state index is 13.4. The zero-order valence-electron chi connectivity index (χ0n) is 16.8. The van der Waals surface area contributed by atoms with Crippen molar-refractivity contribution in [1.29, 1.82) is 0 Å². The minimum absolute atomic E-state index is 0.116. The Balaban J connectivity index is 2.20. The minimum atomic E-state index is -3.83. The van der Waals surface area contributed by atoms with Gasteiger partial charge in [0.25, 0.3) is 5.91 Å². The van der Waals surface area contributed by atoms with Gasteiger partial charge < -0.3 is 9.88 Å². The van der Waals surface area contributed by atoms with Gasteiger partial charge in [-0.2, -0.15) is 0 Å². The average Bonchev–Trinajstić information content (AvgIpc) is 2.94. The molecule has 0 spiro atoms. The number of aryl methyl sites for hydroxylation is 1. The van der Waals surface area contributed by atoms with E-state index in [2.05, 4.69) is 11.9 Å². The fourth-order valence-corrected chi connectivity index (χ4v) is 5.08. The van der Waals surface area contributed by atoms with Crippen molar-refractivity contribution in [3.8, 4) is 0 Å². The number of benzene rings is 2. The number of aromatic nitrogens is 1. The fourth-order valence-electron chi connectivity index (χ4n) is 3.37. The number of anilines is 1. The topological polar surface area (TPSA) is 68.2 Å². The van der Waals surface area contributed by atoms with Gasteiger partial charge in [0, 0.05) is 17.8 Å². The van der Waals surface area contributed by atoms with Crippen LogP contribution < -0.4 is 5.32 Å². The Kier molecular flexibility index (Phi) is 5.75. The molecule has 0 fully saturated rings. The van der Waals surface area contributed by atoms with E-state index in [1.54, 1.807) is 60.0 Å². The molecule has 0 unspecified atom stereocenters. The van der Waals surface area contributed by atoms with Crippen LogP contribution in [0.3, 0.4) is 0 Å². The summed E-state index contributed by atoms with van der Waals surface area (Å²) in [6.45, 7) is 9.58. The Labute approximate surface area is 171 Å². The Morgan fingerprint density at radius 1 is 1.03 bits per heavy atom. The molecule has 5 nitrogen and oxygen atoms in total. The van der Waals surface area contributed by atoms with Gasteiger partial charge in [-0.1, -0.05) is 42.5 Å². The number of rotatable bonds is 6. The molecule has 0 atom stereocenters. The molecular weight excluding hydrogens is 384 g/mol. The highest BCUT2D eigenvalue weighted by Gasteiger charge is 2.30. The fraction of sp³-hybridized carbons (Fsp3) is 0.174. The van der Waals surface area contributed by atoms with Crippen molar-refractivity contribution in [1.82, 2.24) is 4.57 Å². The van der Waals surface area contributed by atoms with Crippen LogP contribution in [0.15, 0.2) is 77.0 Å². The third-order valence-electron chi connectivity index (χ3n) is 5.03. The van der Waals surface area contributed by atoms with Crippen LogP contribution in [-0.4, -0.2) is 18.9 Å². The predicted octanol–water partition coefficient (Wildman–Crippen LogP) is 4.68. The van der Waals surface area contributed by atoms with Gasteiger partial charge in [-0.3, -0.25) is 4.79 Å². The monoisotopic (exact) mass is 408 g/mol. The molecule has 1 aromatic heterocycles. The predicted molar refractivity (Wildman–Crippen MR) is 115 cm³/mol. The first kappa shape index (κ1) is 20.6. The van der Waals surface area contributed by atoms with Crippen LogP contribution in [0.5, 0.6) is 0 Å². The molecule has 2 aromatic carbocycles. The standard InChI is InChI=1S/C23H24N2O3S/c1-5-15-25-18(4)17(3)21(29(27,28)19-12-7-6-8-13-19)22(25)24-23(26)20-14-10-9-11-16(20)2/h5-14H,1,15H2,2-4H3,(H,24,26). The lowest BCUT2D eigenvalue weighted by Crippen LogP contribution is -2.18. The van der Waals surface area contributed by atoms with Gasteiger partial charge in [0.05, 0.1) is 4.90 Å². The number of nitrogens with zero attached hydrogens (tertiary/aromatic N) is 1. The van der Waals surface area contributed by atoms with Gasteiger partial charge in [0.1, 0.15) is 10.7 Å². The molecule has 0 aliphatic heterocycles. The second-order valence-corrected chi connectivity index (χ2v) is 8.76. The van der Waals surface area contributed by atoms with E-state index in [1.165, 1.54) is 0 Å². The third kappa shape index (κ3) is 3.76. The molecule has 1 N–H and O–H groups in total. The summed E-state index contributed by atoms with van der Waals surface area (Å²) in [5.41, 5.74) is 2.68. The molecule has 6 heteroatoms. The van der Waals surface area contributed by atoms with Crippen LogP contribution in [0.4, 0.5) is 5.82 Å². The second kappa shape index (κ2) is 8.09. The SMILES string of the molecule is C=CCn1c(C)c(C)c(S(=O)(=O)c2ccccc2)c1NC(=O)c1ccccc1C. The van der Waals surface area contributed by atoms with Crippen molar-refractivity contribution in [2.75, 3.05) is 5.32 Å². The molecule has 3 rings (SSSR count). The molecule has 150 valence electrons. The highest BCUT2D eigenvalue weighted by molar-refractivity contribution is 7.91. The first-order chi connectivity index (χ1) is 13.8. The molecule has 0 aliphatic carbocycles. The number of carbonyl (C=O) groups is 1. The molecule has 0 radical (unpaired) electrons. The Morgan fingerprint density at radius 3 is 2.28 bits per heavy atom. The molecular formula is C23H24N2O3S. The van der Waals surface area contributed by atoms with E-state index in [1.807, 2.05) is 26.0 Å². The molecule has 0 saturated heterocycles. The van der Waals surface area contributed by atoms with Crippen molar-refractivity contribution in [2.24, 2.45) is 0 Å². The number of hydrogen-bond acceptors (Lipinski definition) is 3. The quantitative estimate of drug-likeness (QED) is 0.602. The molecule has 29 heavy (non-hydrogen) atoms. The second-order valence-electron chi connectivity index (χ2n) is 6.87. The first-order valence-corrected chi connectivity index (χ1v) is 10.7. The van der Waals surface area contributed by atoms with Crippen LogP contribution >= 0.6 is 0 Å².